The van der Waals surface area contributed by atoms with E-state index in [0.29, 0.717) is 43.4 Å². The second kappa shape index (κ2) is 10.6. The Morgan fingerprint density at radius 2 is 1.97 bits per heavy atom. The van der Waals surface area contributed by atoms with Crippen molar-refractivity contribution in [3.05, 3.63) is 77.3 Å². The van der Waals surface area contributed by atoms with E-state index in [4.69, 9.17) is 21.1 Å². The van der Waals surface area contributed by atoms with Crippen LogP contribution in [0.15, 0.2) is 60.9 Å². The zero-order valence-electron chi connectivity index (χ0n) is 18.7. The molecule has 3 aromatic rings. The third-order valence-electron chi connectivity index (χ3n) is 5.97. The fourth-order valence-electron chi connectivity index (χ4n) is 4.05. The Bertz CT molecular complexity index is 1040. The van der Waals surface area contributed by atoms with E-state index < -0.39 is 11.7 Å². The highest BCUT2D eigenvalue weighted by atomic mass is 35.5. The first-order valence-corrected chi connectivity index (χ1v) is 11.5. The minimum atomic E-state index is -1.35. The van der Waals surface area contributed by atoms with Crippen LogP contribution >= 0.6 is 11.6 Å². The predicted molar refractivity (Wildman–Crippen MR) is 127 cm³/mol. The van der Waals surface area contributed by atoms with E-state index in [1.807, 2.05) is 37.4 Å². The summed E-state index contributed by atoms with van der Waals surface area (Å²) in [4.78, 5) is 6.35. The lowest BCUT2D eigenvalue weighted by Crippen LogP contribution is -2.59. The molecule has 176 valence electrons. The van der Waals surface area contributed by atoms with Gasteiger partial charge in [-0.1, -0.05) is 23.7 Å². The summed E-state index contributed by atoms with van der Waals surface area (Å²) in [6.45, 7) is 4.91. The second-order valence-corrected chi connectivity index (χ2v) is 8.96. The molecule has 0 amide bonds. The van der Waals surface area contributed by atoms with E-state index in [9.17, 15) is 10.2 Å². The van der Waals surface area contributed by atoms with Gasteiger partial charge in [-0.05, 0) is 55.3 Å². The Morgan fingerprint density at radius 1 is 1.15 bits per heavy atom. The Hall–Kier alpha value is -2.58. The molecule has 33 heavy (non-hydrogen) atoms. The summed E-state index contributed by atoms with van der Waals surface area (Å²) in [7, 11) is 0. The van der Waals surface area contributed by atoms with Crippen LogP contribution in [0.4, 0.5) is 0 Å². The highest BCUT2D eigenvalue weighted by Crippen LogP contribution is 2.26. The van der Waals surface area contributed by atoms with Gasteiger partial charge in [0.1, 0.15) is 36.1 Å². The molecule has 2 heterocycles. The Morgan fingerprint density at radius 3 is 2.73 bits per heavy atom. The van der Waals surface area contributed by atoms with Crippen LogP contribution < -0.4 is 9.47 Å². The van der Waals surface area contributed by atoms with Crippen molar-refractivity contribution in [2.75, 3.05) is 26.3 Å². The van der Waals surface area contributed by atoms with E-state index in [-0.39, 0.29) is 6.61 Å². The topological polar surface area (TPSA) is 80.0 Å². The molecule has 2 N–H and O–H groups in total. The van der Waals surface area contributed by atoms with E-state index in [2.05, 4.69) is 14.5 Å². The summed E-state index contributed by atoms with van der Waals surface area (Å²) in [5, 5.41) is 22.2. The minimum absolute atomic E-state index is 0.00309. The zero-order valence-corrected chi connectivity index (χ0v) is 19.5. The van der Waals surface area contributed by atoms with Crippen molar-refractivity contribution in [2.24, 2.45) is 0 Å². The number of rotatable bonds is 9. The lowest BCUT2D eigenvalue weighted by molar-refractivity contribution is -0.140. The number of imidazole rings is 1. The minimum Gasteiger partial charge on any atom is -0.492 e. The summed E-state index contributed by atoms with van der Waals surface area (Å²) < 4.78 is 13.7. The molecule has 8 heteroatoms. The number of aliphatic hydroxyl groups excluding tert-OH is 1. The molecular weight excluding hydrogens is 442 g/mol. The number of likely N-dealkylation sites (tertiary alicyclic amines) is 1. The second-order valence-electron chi connectivity index (χ2n) is 8.53. The summed E-state index contributed by atoms with van der Waals surface area (Å²) >= 11 is 5.91. The van der Waals surface area contributed by atoms with Crippen molar-refractivity contribution in [3.8, 4) is 11.5 Å². The average molecular weight is 472 g/mol. The number of nitrogens with zero attached hydrogens (tertiary/aromatic N) is 3. The standard InChI is InChI=1S/C25H30ClN3O4/c1-19-27-10-12-29(19)13-14-32-23-4-2-3-20(15-23)16-28-11-9-24(30)25(31,17-28)18-33-22-7-5-21(26)6-8-22/h2-8,10,12,15,24,30-31H,9,11,13-14,16-18H2,1H3/t24-,25-/m0/s1. The third kappa shape index (κ3) is 6.26. The van der Waals surface area contributed by atoms with E-state index in [1.165, 1.54) is 0 Å². The molecule has 1 fully saturated rings. The molecule has 2 aromatic carbocycles. The molecule has 0 aliphatic carbocycles. The molecule has 1 saturated heterocycles. The monoisotopic (exact) mass is 471 g/mol. The lowest BCUT2D eigenvalue weighted by atomic mass is 9.90. The largest absolute Gasteiger partial charge is 0.492 e. The number of β-amino-alcohol motifs (C(OH)–C–C–N with tert-alkyl or cyclic N) is 1. The maximum absolute atomic E-state index is 11.1. The van der Waals surface area contributed by atoms with Crippen molar-refractivity contribution in [1.29, 1.82) is 0 Å². The molecule has 0 radical (unpaired) electrons. The van der Waals surface area contributed by atoms with Crippen LogP contribution in [0.5, 0.6) is 11.5 Å². The van der Waals surface area contributed by atoms with Crippen LogP contribution in [-0.4, -0.2) is 62.7 Å². The first kappa shape index (κ1) is 23.6. The number of benzene rings is 2. The number of piperidine rings is 1. The maximum atomic E-state index is 11.1. The van der Waals surface area contributed by atoms with Gasteiger partial charge in [0.05, 0.1) is 12.6 Å². The van der Waals surface area contributed by atoms with Gasteiger partial charge < -0.3 is 24.3 Å². The molecular formula is C25H30ClN3O4. The van der Waals surface area contributed by atoms with Gasteiger partial charge in [0, 0.05) is 37.1 Å². The van der Waals surface area contributed by atoms with Gasteiger partial charge in [-0.2, -0.15) is 0 Å². The molecule has 1 aliphatic rings. The van der Waals surface area contributed by atoms with Crippen LogP contribution in [0.2, 0.25) is 5.02 Å². The molecule has 0 bridgehead atoms. The summed E-state index contributed by atoms with van der Waals surface area (Å²) in [6, 6.07) is 14.9. The van der Waals surface area contributed by atoms with Crippen molar-refractivity contribution in [3.63, 3.8) is 0 Å². The predicted octanol–water partition coefficient (Wildman–Crippen LogP) is 3.30. The van der Waals surface area contributed by atoms with Crippen LogP contribution in [-0.2, 0) is 13.1 Å². The van der Waals surface area contributed by atoms with E-state index in [0.717, 1.165) is 23.7 Å². The van der Waals surface area contributed by atoms with E-state index >= 15 is 0 Å². The van der Waals surface area contributed by atoms with E-state index in [1.54, 1.807) is 30.5 Å². The first-order valence-electron chi connectivity index (χ1n) is 11.1. The normalized spacial score (nSPS) is 21.2. The summed E-state index contributed by atoms with van der Waals surface area (Å²) in [5.74, 6) is 2.38. The van der Waals surface area contributed by atoms with Crippen LogP contribution in [0.3, 0.4) is 0 Å². The van der Waals surface area contributed by atoms with Crippen LogP contribution in [0, 0.1) is 6.92 Å². The smallest absolute Gasteiger partial charge is 0.137 e. The highest BCUT2D eigenvalue weighted by molar-refractivity contribution is 6.30. The van der Waals surface area contributed by atoms with Crippen molar-refractivity contribution < 1.29 is 19.7 Å². The first-order chi connectivity index (χ1) is 15.9. The quantitative estimate of drug-likeness (QED) is 0.498. The summed E-state index contributed by atoms with van der Waals surface area (Å²) in [5.41, 5.74) is -0.266. The zero-order chi connectivity index (χ0) is 23.3. The number of hydrogen-bond acceptors (Lipinski definition) is 6. The number of hydrogen-bond donors (Lipinski definition) is 2. The fraction of sp³-hybridized carbons (Fsp3) is 0.400. The molecule has 0 unspecified atom stereocenters. The van der Waals surface area contributed by atoms with Gasteiger partial charge in [-0.25, -0.2) is 4.98 Å². The third-order valence-corrected chi connectivity index (χ3v) is 6.22. The van der Waals surface area contributed by atoms with Crippen LogP contribution in [0.25, 0.3) is 0 Å². The average Bonchev–Trinajstić information content (AvgIpc) is 3.21. The van der Waals surface area contributed by atoms with Gasteiger partial charge in [0.2, 0.25) is 0 Å². The van der Waals surface area contributed by atoms with Gasteiger partial charge in [-0.15, -0.1) is 0 Å². The molecule has 1 aliphatic heterocycles. The molecule has 4 rings (SSSR count). The molecule has 0 saturated carbocycles. The summed E-state index contributed by atoms with van der Waals surface area (Å²) in [6.07, 6.45) is 3.36. The van der Waals surface area contributed by atoms with Crippen molar-refractivity contribution in [2.45, 2.75) is 38.1 Å². The Balaban J connectivity index is 1.32. The number of halogens is 1. The number of ether oxygens (including phenoxy) is 2. The van der Waals surface area contributed by atoms with Gasteiger partial charge in [0.15, 0.2) is 0 Å². The Kier molecular flexibility index (Phi) is 7.55. The number of aliphatic hydroxyl groups is 2. The van der Waals surface area contributed by atoms with Gasteiger partial charge >= 0.3 is 0 Å². The van der Waals surface area contributed by atoms with Gasteiger partial charge in [0.25, 0.3) is 0 Å². The van der Waals surface area contributed by atoms with Crippen molar-refractivity contribution in [1.82, 2.24) is 14.5 Å². The van der Waals surface area contributed by atoms with Crippen molar-refractivity contribution >= 4 is 11.6 Å². The molecule has 7 nitrogen and oxygen atoms in total. The lowest BCUT2D eigenvalue weighted by Gasteiger charge is -2.42. The van der Waals surface area contributed by atoms with Gasteiger partial charge in [-0.3, -0.25) is 4.90 Å². The van der Waals surface area contributed by atoms with Crippen LogP contribution in [0.1, 0.15) is 17.8 Å². The fourth-order valence-corrected chi connectivity index (χ4v) is 4.18. The molecule has 0 spiro atoms. The maximum Gasteiger partial charge on any atom is 0.137 e. The highest BCUT2D eigenvalue weighted by Gasteiger charge is 2.42. The molecule has 1 aromatic heterocycles. The number of aromatic nitrogens is 2. The molecule has 2 atom stereocenters. The Labute approximate surface area is 199 Å². The number of aryl methyl sites for hydroxylation is 1. The SMILES string of the molecule is Cc1nccn1CCOc1cccc(CN2CC[C@H](O)[C@@](O)(COc3ccc(Cl)cc3)C2)c1.